The third kappa shape index (κ3) is 2.87. The highest BCUT2D eigenvalue weighted by Crippen LogP contribution is 2.39. The summed E-state index contributed by atoms with van der Waals surface area (Å²) in [6.45, 7) is 8.34. The first-order valence-corrected chi connectivity index (χ1v) is 7.45. The predicted octanol–water partition coefficient (Wildman–Crippen LogP) is 2.74. The Morgan fingerprint density at radius 1 is 1.22 bits per heavy atom. The van der Waals surface area contributed by atoms with Gasteiger partial charge in [0.25, 0.3) is 0 Å². The van der Waals surface area contributed by atoms with Gasteiger partial charge in [-0.1, -0.05) is 34.1 Å². The van der Waals surface area contributed by atoms with Crippen molar-refractivity contribution in [2.45, 2.75) is 71.6 Å². The molecule has 2 fully saturated rings. The minimum Gasteiger partial charge on any atom is -0.374 e. The summed E-state index contributed by atoms with van der Waals surface area (Å²) < 4.78 is 6.19. The highest BCUT2D eigenvalue weighted by atomic mass is 16.5. The van der Waals surface area contributed by atoms with Gasteiger partial charge in [0.15, 0.2) is 0 Å². The van der Waals surface area contributed by atoms with Crippen molar-refractivity contribution < 1.29 is 9.53 Å². The molecule has 1 amide bonds. The lowest BCUT2D eigenvalue weighted by atomic mass is 9.85. The molecule has 0 aromatic rings. The molecule has 4 atom stereocenters. The monoisotopic (exact) mass is 253 g/mol. The van der Waals surface area contributed by atoms with Crippen LogP contribution >= 0.6 is 0 Å². The van der Waals surface area contributed by atoms with Crippen LogP contribution in [-0.2, 0) is 9.53 Å². The van der Waals surface area contributed by atoms with E-state index >= 15 is 0 Å². The van der Waals surface area contributed by atoms with Crippen molar-refractivity contribution in [3.63, 3.8) is 0 Å². The van der Waals surface area contributed by atoms with Crippen LogP contribution in [0.1, 0.15) is 53.4 Å². The van der Waals surface area contributed by atoms with Crippen molar-refractivity contribution in [2.24, 2.45) is 17.8 Å². The highest BCUT2D eigenvalue weighted by molar-refractivity contribution is 5.78. The molecule has 3 heteroatoms. The number of fused-ring (bicyclic) bond motifs is 1. The van der Waals surface area contributed by atoms with E-state index in [1.54, 1.807) is 0 Å². The summed E-state index contributed by atoms with van der Waals surface area (Å²) in [6.07, 6.45) is 5.29. The molecule has 3 nitrogen and oxygen atoms in total. The molecule has 1 N–H and O–H groups in total. The zero-order valence-corrected chi connectivity index (χ0v) is 12.1. The normalized spacial score (nSPS) is 35.9. The number of carbonyl (C=O) groups excluding carboxylic acids is 1. The number of hydrogen-bond acceptors (Lipinski definition) is 2. The van der Waals surface area contributed by atoms with Crippen LogP contribution in [0.25, 0.3) is 0 Å². The Bertz CT molecular complexity index is 301. The molecule has 104 valence electrons. The lowest BCUT2D eigenvalue weighted by molar-refractivity contribution is -0.131. The molecule has 1 aliphatic heterocycles. The molecule has 0 radical (unpaired) electrons. The van der Waals surface area contributed by atoms with Gasteiger partial charge in [0, 0.05) is 17.9 Å². The van der Waals surface area contributed by atoms with Gasteiger partial charge in [0.1, 0.15) is 0 Å². The fourth-order valence-electron chi connectivity index (χ4n) is 3.23. The van der Waals surface area contributed by atoms with E-state index in [2.05, 4.69) is 19.2 Å². The van der Waals surface area contributed by atoms with Crippen LogP contribution in [0, 0.1) is 17.8 Å². The van der Waals surface area contributed by atoms with Gasteiger partial charge < -0.3 is 10.1 Å². The largest absolute Gasteiger partial charge is 0.374 e. The Kier molecular flexibility index (Phi) is 4.31. The lowest BCUT2D eigenvalue weighted by Gasteiger charge is -2.41. The molecular formula is C15H27NO2. The van der Waals surface area contributed by atoms with Gasteiger partial charge in [-0.2, -0.15) is 0 Å². The summed E-state index contributed by atoms with van der Waals surface area (Å²) in [5.74, 6) is 1.34. The van der Waals surface area contributed by atoms with E-state index in [-0.39, 0.29) is 11.8 Å². The molecule has 2 rings (SSSR count). The Hall–Kier alpha value is -0.570. The lowest BCUT2D eigenvalue weighted by Crippen LogP contribution is -2.52. The maximum atomic E-state index is 11.9. The van der Waals surface area contributed by atoms with Crippen molar-refractivity contribution in [1.82, 2.24) is 5.32 Å². The molecule has 2 aliphatic rings. The van der Waals surface area contributed by atoms with Gasteiger partial charge in [-0.25, -0.2) is 0 Å². The quantitative estimate of drug-likeness (QED) is 0.840. The Balaban J connectivity index is 2.03. The second-order valence-electron chi connectivity index (χ2n) is 6.56. The van der Waals surface area contributed by atoms with Gasteiger partial charge in [0.05, 0.1) is 12.2 Å². The number of carbonyl (C=O) groups is 1. The van der Waals surface area contributed by atoms with Gasteiger partial charge in [-0.3, -0.25) is 4.79 Å². The van der Waals surface area contributed by atoms with Crippen LogP contribution in [-0.4, -0.2) is 24.2 Å². The SMILES string of the molecule is CC(C)C(=O)N[C@@H]1C[C@H](C(C)C)O[C@@H]2CCC[C@@H]12. The highest BCUT2D eigenvalue weighted by Gasteiger charge is 2.42. The summed E-state index contributed by atoms with van der Waals surface area (Å²) in [5, 5.41) is 3.26. The molecule has 18 heavy (non-hydrogen) atoms. The fraction of sp³-hybridized carbons (Fsp3) is 0.933. The molecule has 0 unspecified atom stereocenters. The number of nitrogens with one attached hydrogen (secondary N) is 1. The third-order valence-electron chi connectivity index (χ3n) is 4.45. The van der Waals surface area contributed by atoms with Gasteiger partial charge in [-0.05, 0) is 25.2 Å². The van der Waals surface area contributed by atoms with Crippen LogP contribution in [0.2, 0.25) is 0 Å². The topological polar surface area (TPSA) is 38.3 Å². The molecular weight excluding hydrogens is 226 g/mol. The fourth-order valence-corrected chi connectivity index (χ4v) is 3.23. The number of hydrogen-bond donors (Lipinski definition) is 1. The van der Waals surface area contributed by atoms with Gasteiger partial charge >= 0.3 is 0 Å². The molecule has 1 saturated heterocycles. The average molecular weight is 253 g/mol. The Labute approximate surface area is 111 Å². The first-order valence-electron chi connectivity index (χ1n) is 7.45. The van der Waals surface area contributed by atoms with Crippen LogP contribution in [0.3, 0.4) is 0 Å². The van der Waals surface area contributed by atoms with E-state index in [9.17, 15) is 4.79 Å². The molecule has 0 spiro atoms. The van der Waals surface area contributed by atoms with Gasteiger partial charge in [0.2, 0.25) is 5.91 Å². The number of ether oxygens (including phenoxy) is 1. The van der Waals surface area contributed by atoms with Gasteiger partial charge in [-0.15, -0.1) is 0 Å². The second-order valence-corrected chi connectivity index (χ2v) is 6.56. The van der Waals surface area contributed by atoms with E-state index in [1.165, 1.54) is 19.3 Å². The van der Waals surface area contributed by atoms with Crippen LogP contribution in [0.4, 0.5) is 0 Å². The average Bonchev–Trinajstić information content (AvgIpc) is 2.76. The van der Waals surface area contributed by atoms with Crippen molar-refractivity contribution in [2.75, 3.05) is 0 Å². The number of amides is 1. The van der Waals surface area contributed by atoms with Crippen molar-refractivity contribution in [1.29, 1.82) is 0 Å². The summed E-state index contributed by atoms with van der Waals surface area (Å²) in [4.78, 5) is 11.9. The molecule has 0 aromatic carbocycles. The standard InChI is InChI=1S/C15H27NO2/c1-9(2)14-8-12(16-15(17)10(3)4)11-6-5-7-13(11)18-14/h9-14H,5-8H2,1-4H3,(H,16,17)/t11-,12+,13+,14+/m0/s1. The second kappa shape index (κ2) is 5.60. The molecule has 0 bridgehead atoms. The van der Waals surface area contributed by atoms with E-state index in [0.29, 0.717) is 30.1 Å². The third-order valence-corrected chi connectivity index (χ3v) is 4.45. The number of rotatable bonds is 3. The maximum Gasteiger partial charge on any atom is 0.222 e. The zero-order chi connectivity index (χ0) is 13.3. The van der Waals surface area contributed by atoms with E-state index in [4.69, 9.17) is 4.74 Å². The van der Waals surface area contributed by atoms with E-state index in [0.717, 1.165) is 6.42 Å². The molecule has 1 heterocycles. The van der Waals surface area contributed by atoms with Crippen molar-refractivity contribution >= 4 is 5.91 Å². The first-order chi connectivity index (χ1) is 8.49. The molecule has 1 aliphatic carbocycles. The summed E-state index contributed by atoms with van der Waals surface area (Å²) >= 11 is 0. The van der Waals surface area contributed by atoms with E-state index < -0.39 is 0 Å². The van der Waals surface area contributed by atoms with Crippen LogP contribution in [0.5, 0.6) is 0 Å². The Morgan fingerprint density at radius 3 is 2.56 bits per heavy atom. The van der Waals surface area contributed by atoms with Crippen molar-refractivity contribution in [3.8, 4) is 0 Å². The minimum absolute atomic E-state index is 0.0743. The predicted molar refractivity (Wildman–Crippen MR) is 72.2 cm³/mol. The summed E-state index contributed by atoms with van der Waals surface area (Å²) in [7, 11) is 0. The Morgan fingerprint density at radius 2 is 1.94 bits per heavy atom. The smallest absolute Gasteiger partial charge is 0.222 e. The first kappa shape index (κ1) is 13.9. The summed E-state index contributed by atoms with van der Waals surface area (Å²) in [5.41, 5.74) is 0. The minimum atomic E-state index is 0.0743. The summed E-state index contributed by atoms with van der Waals surface area (Å²) in [6, 6.07) is 0.327. The molecule has 1 saturated carbocycles. The zero-order valence-electron chi connectivity index (χ0n) is 12.1. The van der Waals surface area contributed by atoms with Crippen LogP contribution < -0.4 is 5.32 Å². The molecule has 0 aromatic heterocycles. The van der Waals surface area contributed by atoms with E-state index in [1.807, 2.05) is 13.8 Å². The van der Waals surface area contributed by atoms with Crippen molar-refractivity contribution in [3.05, 3.63) is 0 Å². The maximum absolute atomic E-state index is 11.9. The van der Waals surface area contributed by atoms with Crippen LogP contribution in [0.15, 0.2) is 0 Å².